The SMILES string of the molecule is COCCCC(=O)c1cnc(C(C(=O)CCc2ccccc2)C2CCC(Cc3ncc(C(C)(C)C)c(OC4COC4)n3)CC2)cn1. The van der Waals surface area contributed by atoms with Gasteiger partial charge in [-0.15, -0.1) is 0 Å². The highest BCUT2D eigenvalue weighted by Gasteiger charge is 2.35. The van der Waals surface area contributed by atoms with Crippen LogP contribution in [0.15, 0.2) is 48.9 Å². The molecule has 3 heterocycles. The molecule has 5 rings (SSSR count). The van der Waals surface area contributed by atoms with Crippen molar-refractivity contribution in [2.75, 3.05) is 26.9 Å². The second-order valence-corrected chi connectivity index (χ2v) is 13.8. The van der Waals surface area contributed by atoms with Gasteiger partial charge in [-0.1, -0.05) is 51.1 Å². The Labute approximate surface area is 272 Å². The van der Waals surface area contributed by atoms with Crippen LogP contribution in [0, 0.1) is 11.8 Å². The highest BCUT2D eigenvalue weighted by Crippen LogP contribution is 2.40. The second kappa shape index (κ2) is 15.8. The van der Waals surface area contributed by atoms with E-state index in [0.717, 1.165) is 49.1 Å². The summed E-state index contributed by atoms with van der Waals surface area (Å²) in [6, 6.07) is 10.1. The van der Waals surface area contributed by atoms with Crippen LogP contribution in [0.5, 0.6) is 5.88 Å². The van der Waals surface area contributed by atoms with Gasteiger partial charge in [0.25, 0.3) is 0 Å². The zero-order valence-corrected chi connectivity index (χ0v) is 27.7. The average molecular weight is 629 g/mol. The lowest BCUT2D eigenvalue weighted by molar-refractivity contribution is -0.122. The summed E-state index contributed by atoms with van der Waals surface area (Å²) in [5, 5.41) is 0. The van der Waals surface area contributed by atoms with Gasteiger partial charge in [0.05, 0.1) is 31.0 Å². The van der Waals surface area contributed by atoms with Gasteiger partial charge in [-0.05, 0) is 61.3 Å². The molecule has 46 heavy (non-hydrogen) atoms. The maximum atomic E-state index is 13.9. The standard InChI is InChI=1S/C37H48N4O5/c1-37(2,3)29-20-40-34(41-36(29)46-28-23-45-24-28)19-26-12-15-27(16-13-26)35(33(43)17-14-25-9-6-5-7-10-25)31-22-38-30(21-39-31)32(42)11-8-18-44-4/h5-7,9-10,20-22,26-28,35H,8,11-19,23-24H2,1-4H3. The first kappa shape index (κ1) is 33.8. The van der Waals surface area contributed by atoms with Crippen molar-refractivity contribution in [1.82, 2.24) is 19.9 Å². The van der Waals surface area contributed by atoms with E-state index >= 15 is 0 Å². The van der Waals surface area contributed by atoms with Gasteiger partial charge in [-0.3, -0.25) is 14.6 Å². The largest absolute Gasteiger partial charge is 0.469 e. The Kier molecular flexibility index (Phi) is 11.6. The highest BCUT2D eigenvalue weighted by atomic mass is 16.6. The van der Waals surface area contributed by atoms with Crippen molar-refractivity contribution >= 4 is 11.6 Å². The van der Waals surface area contributed by atoms with E-state index in [9.17, 15) is 9.59 Å². The molecule has 1 saturated heterocycles. The molecule has 1 saturated carbocycles. The summed E-state index contributed by atoms with van der Waals surface area (Å²) in [5.74, 6) is 1.84. The van der Waals surface area contributed by atoms with E-state index in [1.165, 1.54) is 0 Å². The molecule has 0 amide bonds. The number of hydrogen-bond acceptors (Lipinski definition) is 9. The third-order valence-electron chi connectivity index (χ3n) is 9.21. The van der Waals surface area contributed by atoms with E-state index in [0.29, 0.717) is 68.7 Å². The summed E-state index contributed by atoms with van der Waals surface area (Å²) in [5.41, 5.74) is 3.03. The minimum Gasteiger partial charge on any atom is -0.469 e. The lowest BCUT2D eigenvalue weighted by atomic mass is 9.72. The Balaban J connectivity index is 1.26. The number of nitrogens with zero attached hydrogens (tertiary/aromatic N) is 4. The normalized spacial score (nSPS) is 19.3. The third-order valence-corrected chi connectivity index (χ3v) is 9.21. The molecule has 1 aromatic carbocycles. The van der Waals surface area contributed by atoms with Crippen molar-refractivity contribution < 1.29 is 23.8 Å². The first-order valence-corrected chi connectivity index (χ1v) is 16.7. The first-order valence-electron chi connectivity index (χ1n) is 16.7. The topological polar surface area (TPSA) is 113 Å². The van der Waals surface area contributed by atoms with Crippen LogP contribution >= 0.6 is 0 Å². The highest BCUT2D eigenvalue weighted by molar-refractivity contribution is 5.94. The fourth-order valence-electron chi connectivity index (χ4n) is 6.41. The van der Waals surface area contributed by atoms with Crippen LogP contribution in [0.1, 0.15) is 105 Å². The molecule has 3 aromatic rings. The summed E-state index contributed by atoms with van der Waals surface area (Å²) in [6.07, 6.45) is 11.9. The van der Waals surface area contributed by atoms with Crippen molar-refractivity contribution in [3.8, 4) is 5.88 Å². The maximum absolute atomic E-state index is 13.9. The van der Waals surface area contributed by atoms with Crippen LogP contribution in [0.25, 0.3) is 0 Å². The van der Waals surface area contributed by atoms with Crippen LogP contribution in [-0.4, -0.2) is 64.5 Å². The summed E-state index contributed by atoms with van der Waals surface area (Å²) < 4.78 is 16.6. The van der Waals surface area contributed by atoms with Crippen molar-refractivity contribution in [1.29, 1.82) is 0 Å². The number of benzene rings is 1. The quantitative estimate of drug-likeness (QED) is 0.142. The van der Waals surface area contributed by atoms with Gasteiger partial charge < -0.3 is 14.2 Å². The number of Topliss-reactive ketones (excluding diaryl/α,β-unsaturated/α-hetero) is 2. The molecule has 246 valence electrons. The Bertz CT molecular complexity index is 1430. The van der Waals surface area contributed by atoms with E-state index in [1.807, 2.05) is 24.4 Å². The molecule has 9 heteroatoms. The van der Waals surface area contributed by atoms with E-state index in [2.05, 4.69) is 42.9 Å². The Morgan fingerprint density at radius 3 is 2.35 bits per heavy atom. The Hall–Kier alpha value is -3.56. The van der Waals surface area contributed by atoms with Gasteiger partial charge in [-0.25, -0.2) is 9.97 Å². The second-order valence-electron chi connectivity index (χ2n) is 13.8. The molecule has 2 aromatic heterocycles. The lowest BCUT2D eigenvalue weighted by Gasteiger charge is -2.33. The molecule has 0 radical (unpaired) electrons. The van der Waals surface area contributed by atoms with Crippen LogP contribution in [0.3, 0.4) is 0 Å². The molecule has 1 unspecified atom stereocenters. The zero-order valence-electron chi connectivity index (χ0n) is 27.7. The zero-order chi connectivity index (χ0) is 32.5. The summed E-state index contributed by atoms with van der Waals surface area (Å²) >= 11 is 0. The van der Waals surface area contributed by atoms with Crippen molar-refractivity contribution in [3.63, 3.8) is 0 Å². The summed E-state index contributed by atoms with van der Waals surface area (Å²) in [4.78, 5) is 45.2. The molecular weight excluding hydrogens is 580 g/mol. The van der Waals surface area contributed by atoms with Gasteiger partial charge in [0.2, 0.25) is 5.88 Å². The van der Waals surface area contributed by atoms with E-state index in [-0.39, 0.29) is 34.9 Å². The number of aromatic nitrogens is 4. The van der Waals surface area contributed by atoms with Crippen molar-refractivity contribution in [2.45, 2.75) is 96.0 Å². The van der Waals surface area contributed by atoms with Crippen LogP contribution in [0.2, 0.25) is 0 Å². The molecule has 0 bridgehead atoms. The molecule has 1 atom stereocenters. The summed E-state index contributed by atoms with van der Waals surface area (Å²) in [6.45, 7) is 8.15. The van der Waals surface area contributed by atoms with Crippen LogP contribution < -0.4 is 4.74 Å². The van der Waals surface area contributed by atoms with Gasteiger partial charge in [0, 0.05) is 50.9 Å². The average Bonchev–Trinajstić information content (AvgIpc) is 3.03. The number of ketones is 2. The number of hydrogen-bond donors (Lipinski definition) is 0. The predicted octanol–water partition coefficient (Wildman–Crippen LogP) is 6.29. The molecular formula is C37H48N4O5. The molecule has 2 fully saturated rings. The van der Waals surface area contributed by atoms with E-state index < -0.39 is 0 Å². The minimum atomic E-state index is -0.346. The number of rotatable bonds is 15. The molecule has 1 aliphatic heterocycles. The van der Waals surface area contributed by atoms with Gasteiger partial charge in [0.1, 0.15) is 23.4 Å². The molecule has 1 aliphatic carbocycles. The van der Waals surface area contributed by atoms with E-state index in [1.54, 1.807) is 19.5 Å². The lowest BCUT2D eigenvalue weighted by Crippen LogP contribution is -2.39. The fraction of sp³-hybridized carbons (Fsp3) is 0.568. The van der Waals surface area contributed by atoms with Crippen molar-refractivity contribution in [3.05, 3.63) is 77.3 Å². The van der Waals surface area contributed by atoms with Crippen LogP contribution in [0.4, 0.5) is 0 Å². The number of aryl methyl sites for hydroxylation is 1. The molecule has 0 spiro atoms. The Morgan fingerprint density at radius 1 is 0.957 bits per heavy atom. The minimum absolute atomic E-state index is 0.0431. The monoisotopic (exact) mass is 628 g/mol. The number of carbonyl (C=O) groups excluding carboxylic acids is 2. The molecule has 2 aliphatic rings. The number of carbonyl (C=O) groups is 2. The van der Waals surface area contributed by atoms with Gasteiger partial charge in [0.15, 0.2) is 5.78 Å². The van der Waals surface area contributed by atoms with Gasteiger partial charge >= 0.3 is 0 Å². The summed E-state index contributed by atoms with van der Waals surface area (Å²) in [7, 11) is 1.62. The van der Waals surface area contributed by atoms with E-state index in [4.69, 9.17) is 24.2 Å². The smallest absolute Gasteiger partial charge is 0.220 e. The van der Waals surface area contributed by atoms with Crippen molar-refractivity contribution in [2.24, 2.45) is 11.8 Å². The number of ether oxygens (including phenoxy) is 3. The predicted molar refractivity (Wildman–Crippen MR) is 175 cm³/mol. The Morgan fingerprint density at radius 2 is 1.72 bits per heavy atom. The fourth-order valence-corrected chi connectivity index (χ4v) is 6.41. The molecule has 9 nitrogen and oxygen atoms in total. The maximum Gasteiger partial charge on any atom is 0.220 e. The molecule has 0 N–H and O–H groups in total. The van der Waals surface area contributed by atoms with Crippen LogP contribution in [-0.2, 0) is 32.5 Å². The first-order chi connectivity index (χ1) is 22.2. The van der Waals surface area contributed by atoms with Gasteiger partial charge in [-0.2, -0.15) is 4.98 Å². The third kappa shape index (κ3) is 9.04. The number of methoxy groups -OCH3 is 1.